The molecular formula is C82H138N32O21. The topological polar surface area (TPSA) is 911 Å². The summed E-state index contributed by atoms with van der Waals surface area (Å²) >= 11 is 0. The fourth-order valence-corrected chi connectivity index (χ4v) is 12.7. The molecule has 0 saturated carbocycles. The van der Waals surface area contributed by atoms with Crippen LogP contribution in [-0.2, 0) is 104 Å². The minimum Gasteiger partial charge on any atom is -0.394 e. The van der Waals surface area contributed by atoms with Crippen LogP contribution in [0.2, 0.25) is 0 Å². The monoisotopic (exact) mass is 1910 g/mol. The zero-order valence-corrected chi connectivity index (χ0v) is 76.1. The summed E-state index contributed by atoms with van der Waals surface area (Å²) in [5, 5.41) is 93.7. The van der Waals surface area contributed by atoms with E-state index < -0.39 is 254 Å². The van der Waals surface area contributed by atoms with Gasteiger partial charge in [-0.25, -0.2) is 0 Å². The van der Waals surface area contributed by atoms with Crippen molar-refractivity contribution in [2.75, 3.05) is 72.1 Å². The van der Waals surface area contributed by atoms with Gasteiger partial charge in [-0.3, -0.25) is 107 Å². The van der Waals surface area contributed by atoms with Gasteiger partial charge in [-0.15, -0.1) is 0 Å². The number of aliphatic hydroxyl groups is 2. The number of guanidine groups is 3. The fraction of sp³-hybridized carbons (Fsp3) is 0.585. The molecule has 0 aliphatic carbocycles. The molecule has 53 heteroatoms. The van der Waals surface area contributed by atoms with E-state index in [1.54, 1.807) is 30.3 Å². The van der Waals surface area contributed by atoms with Gasteiger partial charge in [0.2, 0.25) is 112 Å². The lowest BCUT2D eigenvalue weighted by Crippen LogP contribution is -2.61. The molecule has 2 rings (SSSR count). The number of nitrogens with one attached hydrogen (secondary N) is 23. The molecule has 0 bridgehead atoms. The van der Waals surface area contributed by atoms with E-state index in [2.05, 4.69) is 106 Å². The van der Waals surface area contributed by atoms with Crippen LogP contribution in [0.25, 0.3) is 0 Å². The summed E-state index contributed by atoms with van der Waals surface area (Å²) in [5.41, 5.74) is 51.4. The molecule has 0 fully saturated rings. The van der Waals surface area contributed by atoms with Gasteiger partial charge in [0.05, 0.1) is 45.3 Å². The Morgan fingerprint density at radius 2 is 0.652 bits per heavy atom. The van der Waals surface area contributed by atoms with Crippen molar-refractivity contribution < 1.29 is 101 Å². The number of amides is 19. The molecule has 0 saturated heterocycles. The molecule has 14 atom stereocenters. The van der Waals surface area contributed by atoms with Crippen molar-refractivity contribution in [2.45, 2.75) is 234 Å². The smallest absolute Gasteiger partial charge is 0.245 e. The third kappa shape index (κ3) is 50.4. The number of benzene rings is 2. The highest BCUT2D eigenvalue weighted by Crippen LogP contribution is 2.13. The van der Waals surface area contributed by atoms with Crippen LogP contribution in [0.5, 0.6) is 0 Å². The second-order valence-corrected chi connectivity index (χ2v) is 31.5. The molecule has 2 aromatic rings. The maximum absolute atomic E-state index is 14.6. The molecule has 0 aromatic heterocycles. The summed E-state index contributed by atoms with van der Waals surface area (Å²) in [4.78, 5) is 257. The largest absolute Gasteiger partial charge is 0.394 e. The van der Waals surface area contributed by atoms with E-state index in [1.807, 2.05) is 30.3 Å². The maximum atomic E-state index is 14.6. The van der Waals surface area contributed by atoms with E-state index in [0.717, 1.165) is 12.5 Å². The van der Waals surface area contributed by atoms with Crippen molar-refractivity contribution in [2.24, 2.45) is 51.6 Å². The number of rotatable bonds is 69. The van der Waals surface area contributed by atoms with E-state index in [4.69, 9.17) is 67.8 Å². The quantitative estimate of drug-likeness (QED) is 0.0166. The third-order valence-electron chi connectivity index (χ3n) is 20.1. The van der Waals surface area contributed by atoms with Crippen molar-refractivity contribution in [1.29, 1.82) is 16.2 Å². The summed E-state index contributed by atoms with van der Waals surface area (Å²) in [6.07, 6.45) is -3.08. The molecular weight excluding hydrogens is 1770 g/mol. The molecule has 0 aliphatic heterocycles. The van der Waals surface area contributed by atoms with Crippen LogP contribution in [0.1, 0.15) is 147 Å². The van der Waals surface area contributed by atoms with Crippen LogP contribution < -0.4 is 158 Å². The Hall–Kier alpha value is -14.1. The zero-order chi connectivity index (χ0) is 101. The first-order valence-electron chi connectivity index (χ1n) is 44.0. The number of unbranched alkanes of at least 4 members (excludes halogenated alkanes) is 3. The van der Waals surface area contributed by atoms with Crippen molar-refractivity contribution >= 4 is 130 Å². The molecule has 2 aromatic carbocycles. The van der Waals surface area contributed by atoms with Crippen molar-refractivity contribution in [3.63, 3.8) is 0 Å². The Bertz CT molecular complexity index is 4250. The zero-order valence-electron chi connectivity index (χ0n) is 76.1. The Kier molecular flexibility index (Phi) is 56.8. The average Bonchev–Trinajstić information content (AvgIpc) is 0.853. The lowest BCUT2D eigenvalue weighted by Gasteiger charge is -2.28. The first-order chi connectivity index (χ1) is 64.0. The standard InChI is InChI=1S/C82H138N32O21/c1-45(102-64(121)43-101-79(135)66(47(3)116)114-77(133)57(37-48-19-6-4-7-20-48)104-65(122)42-100-63(120)41-99-62(119)40-95-39-49-21-8-5-9-22-49)68(124)106-54(26-16-34-96-80(89)90)71(127)110-53(25-12-15-33-85)75(131)113-59(44-115)78(134)103-46(2)69(125)107-55(27-17-35-97-81(91)92)72(128)108-51(23-10-13-31-83)70(126)111-56(28-18-36-98-82(93)94)73(129)109-52(24-11-14-32-84)74(130)112-58(38-61(87)118)76(132)105-50(67(88)123)29-30-60(86)117/h4-9,19-22,45-47,50-59,66,95,115-116H,10-18,23-44,83-85H2,1-3H3,(H2,86,117)(H2,87,118)(H2,88,123)(H,99,119)(H,100,120)(H,101,135)(H,102,121)(H,103,134)(H,104,122)(H,105,132)(H,106,124)(H,107,125)(H,108,128)(H,109,129)(H,110,127)(H,111,126)(H,112,130)(H,113,131)(H,114,133)(H4,89,90,96)(H4,91,92,97)(H4,93,94,98). The average molecular weight is 1910 g/mol. The number of nitrogens with two attached hydrogens (primary N) is 9. The highest BCUT2D eigenvalue weighted by molar-refractivity contribution is 6.01. The van der Waals surface area contributed by atoms with Crippen LogP contribution in [0.4, 0.5) is 0 Å². The van der Waals surface area contributed by atoms with Crippen LogP contribution in [0, 0.1) is 16.2 Å². The SMILES string of the molecule is CC(NC(=O)CNC(=O)C(NC(=O)C(Cc1ccccc1)NC(=O)CNC(=O)CNC(=O)CNCc1ccccc1)C(C)O)C(=O)NC(CCCNC(=N)N)C(=O)NC(CCCCN)C(=O)NC(CO)C(=O)NC(C)C(=O)NC(CCCNC(=N)N)C(=O)NC(CCCCN)C(=O)NC(CCCNC(=N)N)C(=O)NC(CCCCN)C(=O)NC(CC(N)=O)C(=O)NC(CCC(N)=O)C(N)=O. The van der Waals surface area contributed by atoms with E-state index in [1.165, 1.54) is 13.8 Å². The maximum Gasteiger partial charge on any atom is 0.245 e. The first-order valence-corrected chi connectivity index (χ1v) is 44.0. The van der Waals surface area contributed by atoms with E-state index in [-0.39, 0.29) is 136 Å². The van der Waals surface area contributed by atoms with E-state index in [0.29, 0.717) is 31.4 Å². The molecule has 0 radical (unpaired) electrons. The number of primary amides is 3. The Morgan fingerprint density at radius 1 is 0.319 bits per heavy atom. The summed E-state index contributed by atoms with van der Waals surface area (Å²) < 4.78 is 0. The Labute approximate surface area is 780 Å². The Balaban J connectivity index is 2.38. The predicted molar refractivity (Wildman–Crippen MR) is 490 cm³/mol. The normalized spacial score (nSPS) is 14.0. The van der Waals surface area contributed by atoms with E-state index in [9.17, 15) is 101 Å². The van der Waals surface area contributed by atoms with Gasteiger partial charge in [0, 0.05) is 39.0 Å². The summed E-state index contributed by atoms with van der Waals surface area (Å²) in [6, 6.07) is -3.15. The Morgan fingerprint density at radius 3 is 1.04 bits per heavy atom. The summed E-state index contributed by atoms with van der Waals surface area (Å²) in [7, 11) is 0. The summed E-state index contributed by atoms with van der Waals surface area (Å²) in [5.74, 6) is -20.1. The number of carbonyl (C=O) groups is 19. The molecule has 0 spiro atoms. The second kappa shape index (κ2) is 65.5. The number of aliphatic hydroxyl groups excluding tert-OH is 2. The molecule has 19 amide bonds. The number of hydrogen-bond donors (Lipinski definition) is 34. The van der Waals surface area contributed by atoms with Gasteiger partial charge >= 0.3 is 0 Å². The predicted octanol–water partition coefficient (Wildman–Crippen LogP) is -13.1. The minimum atomic E-state index is -1.87. The number of carbonyl (C=O) groups excluding carboxylic acids is 19. The van der Waals surface area contributed by atoms with Gasteiger partial charge < -0.3 is 168 Å². The molecule has 53 nitrogen and oxygen atoms in total. The van der Waals surface area contributed by atoms with Gasteiger partial charge in [0.15, 0.2) is 17.9 Å². The summed E-state index contributed by atoms with van der Waals surface area (Å²) in [6.45, 7) is 0.952. The number of hydrogen-bond acceptors (Lipinski definition) is 28. The fourth-order valence-electron chi connectivity index (χ4n) is 12.7. The van der Waals surface area contributed by atoms with Crippen molar-refractivity contribution in [3.05, 3.63) is 71.8 Å². The van der Waals surface area contributed by atoms with Crippen LogP contribution in [0.3, 0.4) is 0 Å². The van der Waals surface area contributed by atoms with Crippen molar-refractivity contribution in [1.82, 2.24) is 106 Å². The lowest BCUT2D eigenvalue weighted by atomic mass is 10.0. The third-order valence-corrected chi connectivity index (χ3v) is 20.1. The molecule has 0 aliphatic rings. The highest BCUT2D eigenvalue weighted by Gasteiger charge is 2.38. The molecule has 43 N–H and O–H groups in total. The molecule has 135 heavy (non-hydrogen) atoms. The van der Waals surface area contributed by atoms with Gasteiger partial charge in [-0.1, -0.05) is 60.7 Å². The molecule has 0 heterocycles. The second-order valence-electron chi connectivity index (χ2n) is 31.5. The molecule has 752 valence electrons. The van der Waals surface area contributed by atoms with Gasteiger partial charge in [0.1, 0.15) is 78.5 Å². The van der Waals surface area contributed by atoms with Crippen molar-refractivity contribution in [3.8, 4) is 0 Å². The minimum absolute atomic E-state index is 0.00457. The van der Waals surface area contributed by atoms with Crippen LogP contribution in [-0.4, -0.2) is 297 Å². The van der Waals surface area contributed by atoms with E-state index >= 15 is 0 Å². The van der Waals surface area contributed by atoms with Gasteiger partial charge in [-0.05, 0) is 154 Å². The lowest BCUT2D eigenvalue weighted by molar-refractivity contribution is -0.136. The van der Waals surface area contributed by atoms with Crippen LogP contribution in [0.15, 0.2) is 60.7 Å². The van der Waals surface area contributed by atoms with Crippen LogP contribution >= 0.6 is 0 Å². The van der Waals surface area contributed by atoms with Gasteiger partial charge in [-0.2, -0.15) is 0 Å². The molecule has 14 unspecified atom stereocenters. The highest BCUT2D eigenvalue weighted by atomic mass is 16.3. The van der Waals surface area contributed by atoms with Gasteiger partial charge in [0.25, 0.3) is 0 Å². The first kappa shape index (κ1) is 117.